The van der Waals surface area contributed by atoms with E-state index in [1.807, 2.05) is 25.3 Å². The second-order valence-corrected chi connectivity index (χ2v) is 8.33. The normalized spacial score (nSPS) is 21.4. The summed E-state index contributed by atoms with van der Waals surface area (Å²) in [5.41, 5.74) is -0.253. The molecule has 1 aromatic heterocycles. The molecule has 2 heterocycles. The monoisotopic (exact) mass is 392 g/mol. The van der Waals surface area contributed by atoms with Gasteiger partial charge < -0.3 is 10.6 Å². The van der Waals surface area contributed by atoms with E-state index in [-0.39, 0.29) is 0 Å². The van der Waals surface area contributed by atoms with Crippen molar-refractivity contribution in [2.75, 3.05) is 13.1 Å². The van der Waals surface area contributed by atoms with Gasteiger partial charge in [0.1, 0.15) is 12.1 Å². The number of nitrogens with zero attached hydrogens (tertiary/aromatic N) is 1. The summed E-state index contributed by atoms with van der Waals surface area (Å²) in [5, 5.41) is 9.44. The first-order valence-electron chi connectivity index (χ1n) is 9.12. The zero-order valence-corrected chi connectivity index (χ0v) is 16.3. The Morgan fingerprint density at radius 1 is 1.37 bits per heavy atom. The van der Waals surface area contributed by atoms with Crippen LogP contribution in [-0.2, 0) is 21.5 Å². The molecule has 8 nitrogen and oxygen atoms in total. The van der Waals surface area contributed by atoms with Crippen LogP contribution in [0.1, 0.15) is 43.6 Å². The van der Waals surface area contributed by atoms with Crippen molar-refractivity contribution in [3.63, 3.8) is 0 Å². The number of nitrogens with one attached hydrogen (secondary N) is 3. The van der Waals surface area contributed by atoms with Crippen LogP contribution in [0.25, 0.3) is 0 Å². The Morgan fingerprint density at radius 3 is 2.89 bits per heavy atom. The number of amides is 6. The first-order chi connectivity index (χ1) is 12.8. The third-order valence-electron chi connectivity index (χ3n) is 4.90. The van der Waals surface area contributed by atoms with Gasteiger partial charge in [0.25, 0.3) is 5.91 Å². The predicted molar refractivity (Wildman–Crippen MR) is 100 cm³/mol. The zero-order valence-electron chi connectivity index (χ0n) is 15.5. The number of rotatable bonds is 5. The molecule has 1 aromatic rings. The number of urea groups is 2. The van der Waals surface area contributed by atoms with Crippen molar-refractivity contribution in [1.82, 2.24) is 20.9 Å². The number of fused-ring (bicyclic) bond motifs is 2. The van der Waals surface area contributed by atoms with Crippen molar-refractivity contribution in [1.29, 1.82) is 0 Å². The minimum atomic E-state index is -1.08. The second-order valence-electron chi connectivity index (χ2n) is 7.32. The maximum absolute atomic E-state index is 13.0. The molecule has 1 atom stereocenters. The largest absolute Gasteiger partial charge is 0.338 e. The Hall–Kier alpha value is -2.42. The van der Waals surface area contributed by atoms with Crippen LogP contribution in [-0.4, -0.2) is 41.9 Å². The minimum Gasteiger partial charge on any atom is -0.338 e. The molecule has 9 heteroatoms. The van der Waals surface area contributed by atoms with Crippen molar-refractivity contribution >= 4 is 35.2 Å². The third-order valence-corrected chi connectivity index (χ3v) is 5.88. The maximum atomic E-state index is 13.0. The van der Waals surface area contributed by atoms with Crippen molar-refractivity contribution in [2.45, 2.75) is 45.1 Å². The Balaban J connectivity index is 1.62. The topological polar surface area (TPSA) is 108 Å². The van der Waals surface area contributed by atoms with Gasteiger partial charge in [-0.3, -0.25) is 19.8 Å². The molecule has 0 bridgehead atoms. The highest BCUT2D eigenvalue weighted by atomic mass is 32.1. The van der Waals surface area contributed by atoms with Crippen molar-refractivity contribution < 1.29 is 19.2 Å². The van der Waals surface area contributed by atoms with Gasteiger partial charge in [0.2, 0.25) is 5.91 Å². The fraction of sp³-hybridized carbons (Fsp3) is 0.556. The quantitative estimate of drug-likeness (QED) is 0.663. The van der Waals surface area contributed by atoms with Crippen molar-refractivity contribution in [2.24, 2.45) is 5.92 Å². The molecule has 3 N–H and O–H groups in total. The molecule has 0 saturated carbocycles. The SMILES string of the molecule is CC(C)CCNC(=O)NC(=O)CN1C(=O)N[C@]2(CCCc3sccc32)C1=O. The van der Waals surface area contributed by atoms with E-state index in [4.69, 9.17) is 0 Å². The van der Waals surface area contributed by atoms with Gasteiger partial charge >= 0.3 is 12.1 Å². The van der Waals surface area contributed by atoms with Crippen LogP contribution in [0.15, 0.2) is 11.4 Å². The van der Waals surface area contributed by atoms with E-state index in [0.717, 1.165) is 34.6 Å². The Morgan fingerprint density at radius 2 is 2.15 bits per heavy atom. The molecular weight excluding hydrogens is 368 g/mol. The average Bonchev–Trinajstić information content (AvgIpc) is 3.15. The standard InChI is InChI=1S/C18H24N4O4S/c1-11(2)5-8-19-16(25)20-14(23)10-22-15(24)18(21-17(22)26)7-3-4-13-12(18)6-9-27-13/h6,9,11H,3-5,7-8,10H2,1-2H3,(H,21,26)(H2,19,20,23,25)/t18-/m0/s1. The maximum Gasteiger partial charge on any atom is 0.325 e. The van der Waals surface area contributed by atoms with E-state index in [1.54, 1.807) is 11.3 Å². The Labute approximate surface area is 161 Å². The van der Waals surface area contributed by atoms with E-state index >= 15 is 0 Å². The molecule has 0 aromatic carbocycles. The summed E-state index contributed by atoms with van der Waals surface area (Å²) >= 11 is 1.57. The van der Waals surface area contributed by atoms with Crippen LogP contribution in [0.3, 0.4) is 0 Å². The molecule has 6 amide bonds. The Bertz CT molecular complexity index is 775. The number of aryl methyl sites for hydroxylation is 1. The molecule has 0 radical (unpaired) electrons. The fourth-order valence-electron chi connectivity index (χ4n) is 3.51. The average molecular weight is 392 g/mol. The number of thiophene rings is 1. The van der Waals surface area contributed by atoms with Gasteiger partial charge in [-0.25, -0.2) is 9.59 Å². The number of hydrogen-bond donors (Lipinski definition) is 3. The lowest BCUT2D eigenvalue weighted by molar-refractivity contribution is -0.135. The van der Waals surface area contributed by atoms with E-state index in [1.165, 1.54) is 0 Å². The lowest BCUT2D eigenvalue weighted by Gasteiger charge is -2.31. The molecule has 27 heavy (non-hydrogen) atoms. The fourth-order valence-corrected chi connectivity index (χ4v) is 4.51. The molecule has 1 aliphatic heterocycles. The van der Waals surface area contributed by atoms with Crippen molar-refractivity contribution in [3.8, 4) is 0 Å². The van der Waals surface area contributed by atoms with Crippen LogP contribution < -0.4 is 16.0 Å². The highest BCUT2D eigenvalue weighted by molar-refractivity contribution is 7.10. The first kappa shape index (κ1) is 19.3. The van der Waals surface area contributed by atoms with Crippen LogP contribution in [0, 0.1) is 5.92 Å². The van der Waals surface area contributed by atoms with E-state index in [0.29, 0.717) is 18.9 Å². The van der Waals surface area contributed by atoms with E-state index in [9.17, 15) is 19.2 Å². The first-order valence-corrected chi connectivity index (χ1v) is 10.00. The molecule has 1 aliphatic carbocycles. The third kappa shape index (κ3) is 3.83. The second kappa shape index (κ2) is 7.67. The van der Waals surface area contributed by atoms with E-state index in [2.05, 4.69) is 16.0 Å². The summed E-state index contributed by atoms with van der Waals surface area (Å²) in [6.45, 7) is 4.03. The molecular formula is C18H24N4O4S. The predicted octanol–water partition coefficient (Wildman–Crippen LogP) is 1.70. The number of carbonyl (C=O) groups is 4. The smallest absolute Gasteiger partial charge is 0.325 e. The summed E-state index contributed by atoms with van der Waals surface area (Å²) in [4.78, 5) is 51.2. The van der Waals surface area contributed by atoms with Gasteiger partial charge in [0.15, 0.2) is 0 Å². The summed E-state index contributed by atoms with van der Waals surface area (Å²) in [7, 11) is 0. The number of hydrogen-bond acceptors (Lipinski definition) is 5. The summed E-state index contributed by atoms with van der Waals surface area (Å²) in [6.07, 6.45) is 2.97. The van der Waals surface area contributed by atoms with Crippen LogP contribution in [0.2, 0.25) is 0 Å². The Kier molecular flexibility index (Phi) is 5.50. The molecule has 146 valence electrons. The molecule has 3 rings (SSSR count). The summed E-state index contributed by atoms with van der Waals surface area (Å²) in [6, 6.07) is 0.637. The minimum absolute atomic E-state index is 0.429. The number of carbonyl (C=O) groups excluding carboxylic acids is 4. The van der Waals surface area contributed by atoms with Crippen molar-refractivity contribution in [3.05, 3.63) is 21.9 Å². The van der Waals surface area contributed by atoms with Gasteiger partial charge in [0.05, 0.1) is 0 Å². The molecule has 1 saturated heterocycles. The highest BCUT2D eigenvalue weighted by Gasteiger charge is 2.54. The molecule has 1 spiro atoms. The lowest BCUT2D eigenvalue weighted by atomic mass is 9.80. The van der Waals surface area contributed by atoms with Gasteiger partial charge in [-0.2, -0.15) is 0 Å². The summed E-state index contributed by atoms with van der Waals surface area (Å²) in [5.74, 6) is -0.693. The zero-order chi connectivity index (χ0) is 19.6. The van der Waals surface area contributed by atoms with Gasteiger partial charge in [-0.05, 0) is 43.0 Å². The number of imide groups is 2. The van der Waals surface area contributed by atoms with Gasteiger partial charge in [-0.1, -0.05) is 13.8 Å². The lowest BCUT2D eigenvalue weighted by Crippen LogP contribution is -2.48. The summed E-state index contributed by atoms with van der Waals surface area (Å²) < 4.78 is 0. The molecule has 0 unspecified atom stereocenters. The molecule has 1 fully saturated rings. The van der Waals surface area contributed by atoms with Crippen LogP contribution in [0.5, 0.6) is 0 Å². The van der Waals surface area contributed by atoms with Gasteiger partial charge in [-0.15, -0.1) is 11.3 Å². The van der Waals surface area contributed by atoms with Crippen LogP contribution in [0.4, 0.5) is 9.59 Å². The molecule has 2 aliphatic rings. The van der Waals surface area contributed by atoms with Gasteiger partial charge in [0, 0.05) is 17.0 Å². The van der Waals surface area contributed by atoms with E-state index < -0.39 is 36.0 Å². The van der Waals surface area contributed by atoms with Crippen LogP contribution >= 0.6 is 11.3 Å². The highest BCUT2D eigenvalue weighted by Crippen LogP contribution is 2.41.